The van der Waals surface area contributed by atoms with Crippen molar-refractivity contribution in [2.45, 2.75) is 64.1 Å². The van der Waals surface area contributed by atoms with Crippen molar-refractivity contribution in [1.29, 1.82) is 0 Å². The minimum Gasteiger partial charge on any atom is -0.493 e. The maximum absolute atomic E-state index is 12.1. The van der Waals surface area contributed by atoms with Gasteiger partial charge in [-0.1, -0.05) is 0 Å². The van der Waals surface area contributed by atoms with Crippen LogP contribution >= 0.6 is 0 Å². The molecule has 1 aromatic carbocycles. The highest BCUT2D eigenvalue weighted by Crippen LogP contribution is 2.42. The Hall–Kier alpha value is -1.51. The minimum absolute atomic E-state index is 0.156. The van der Waals surface area contributed by atoms with Crippen LogP contribution in [0.2, 0.25) is 0 Å². The van der Waals surface area contributed by atoms with Crippen LogP contribution in [0.4, 0.5) is 13.2 Å². The molecule has 0 amide bonds. The molecule has 0 radical (unpaired) electrons. The van der Waals surface area contributed by atoms with Crippen LogP contribution in [0.1, 0.15) is 50.8 Å². The number of methoxy groups -OCH3 is 1. The first-order valence-electron chi connectivity index (χ1n) is 10.0. The van der Waals surface area contributed by atoms with E-state index in [-0.39, 0.29) is 18.3 Å². The average molecular weight is 417 g/mol. The molecule has 3 rings (SSSR count). The molecule has 0 aliphatic carbocycles. The zero-order chi connectivity index (χ0) is 21.2. The van der Waals surface area contributed by atoms with E-state index >= 15 is 0 Å². The highest BCUT2D eigenvalue weighted by molar-refractivity contribution is 5.49. The van der Waals surface area contributed by atoms with Gasteiger partial charge in [0.1, 0.15) is 6.61 Å². The molecule has 0 spiro atoms. The van der Waals surface area contributed by atoms with Gasteiger partial charge in [0.15, 0.2) is 11.5 Å². The Morgan fingerprint density at radius 3 is 2.48 bits per heavy atom. The number of ether oxygens (including phenoxy) is 4. The van der Waals surface area contributed by atoms with E-state index in [0.717, 1.165) is 37.9 Å². The van der Waals surface area contributed by atoms with Crippen LogP contribution in [0.3, 0.4) is 0 Å². The summed E-state index contributed by atoms with van der Waals surface area (Å²) >= 11 is 0. The molecule has 8 heteroatoms. The summed E-state index contributed by atoms with van der Waals surface area (Å²) in [6.45, 7) is 7.30. The van der Waals surface area contributed by atoms with Crippen LogP contribution in [-0.4, -0.2) is 56.4 Å². The van der Waals surface area contributed by atoms with Crippen LogP contribution in [0.5, 0.6) is 11.5 Å². The van der Waals surface area contributed by atoms with Gasteiger partial charge in [-0.05, 0) is 63.3 Å². The topological polar surface area (TPSA) is 40.2 Å². The third-order valence-electron chi connectivity index (χ3n) is 5.22. The van der Waals surface area contributed by atoms with Crippen molar-refractivity contribution in [3.05, 3.63) is 23.3 Å². The lowest BCUT2D eigenvalue weighted by atomic mass is 9.85. The van der Waals surface area contributed by atoms with Gasteiger partial charge in [-0.25, -0.2) is 0 Å². The summed E-state index contributed by atoms with van der Waals surface area (Å²) in [4.78, 5) is 2.46. The number of benzene rings is 1. The molecule has 2 heterocycles. The summed E-state index contributed by atoms with van der Waals surface area (Å²) in [6.07, 6.45) is -1.58. The Balaban J connectivity index is 1.68. The summed E-state index contributed by atoms with van der Waals surface area (Å²) < 4.78 is 57.2. The van der Waals surface area contributed by atoms with Gasteiger partial charge >= 0.3 is 6.36 Å². The van der Waals surface area contributed by atoms with Crippen LogP contribution in [0, 0.1) is 0 Å². The third kappa shape index (κ3) is 5.99. The monoisotopic (exact) mass is 417 g/mol. The zero-order valence-corrected chi connectivity index (χ0v) is 17.5. The molecule has 0 saturated carbocycles. The molecular weight excluding hydrogens is 387 g/mol. The van der Waals surface area contributed by atoms with Crippen LogP contribution in [-0.2, 0) is 15.9 Å². The number of halogens is 3. The number of piperidine rings is 1. The summed E-state index contributed by atoms with van der Waals surface area (Å²) in [5.74, 6) is 0.987. The largest absolute Gasteiger partial charge is 0.522 e. The number of hydrogen-bond donors (Lipinski definition) is 0. The lowest BCUT2D eigenvalue weighted by molar-refractivity contribution is -0.325. The van der Waals surface area contributed by atoms with Crippen molar-refractivity contribution in [3.8, 4) is 11.5 Å². The molecule has 2 aliphatic heterocycles. The number of fused-ring (bicyclic) bond motifs is 3. The summed E-state index contributed by atoms with van der Waals surface area (Å²) in [5, 5.41) is 0. The molecule has 0 bridgehead atoms. The summed E-state index contributed by atoms with van der Waals surface area (Å²) in [7, 11) is 1.54. The fourth-order valence-corrected chi connectivity index (χ4v) is 4.19. The predicted octanol–water partition coefficient (Wildman–Crippen LogP) is 4.49. The van der Waals surface area contributed by atoms with E-state index in [1.807, 2.05) is 12.1 Å². The SMILES string of the molecule is COc1cc2c(cc1OCCOC(F)(F)F)CCN1CC(OC(C)(C)C)CCC21. The Kier molecular flexibility index (Phi) is 6.65. The van der Waals surface area contributed by atoms with Crippen molar-refractivity contribution in [1.82, 2.24) is 4.90 Å². The minimum atomic E-state index is -4.65. The van der Waals surface area contributed by atoms with Crippen LogP contribution in [0.15, 0.2) is 12.1 Å². The Bertz CT molecular complexity index is 702. The summed E-state index contributed by atoms with van der Waals surface area (Å²) in [5.41, 5.74) is 2.21. The number of nitrogens with zero attached hydrogens (tertiary/aromatic N) is 1. The van der Waals surface area contributed by atoms with Crippen molar-refractivity contribution in [2.24, 2.45) is 0 Å². The van der Waals surface area contributed by atoms with E-state index in [4.69, 9.17) is 14.2 Å². The standard InChI is InChI=1S/C21H30F3NO4/c1-20(2,3)29-15-5-6-17-16-12-18(26-4)19(27-9-10-28-21(22,23)24)11-14(16)7-8-25(17)13-15/h11-12,15,17H,5-10,13H2,1-4H3. The fourth-order valence-electron chi connectivity index (χ4n) is 4.19. The highest BCUT2D eigenvalue weighted by atomic mass is 19.4. The van der Waals surface area contributed by atoms with Gasteiger partial charge in [0, 0.05) is 19.1 Å². The molecule has 2 atom stereocenters. The van der Waals surface area contributed by atoms with E-state index < -0.39 is 13.0 Å². The number of hydrogen-bond acceptors (Lipinski definition) is 5. The molecule has 0 aromatic heterocycles. The molecule has 2 unspecified atom stereocenters. The second kappa shape index (κ2) is 8.70. The highest BCUT2D eigenvalue weighted by Gasteiger charge is 2.36. The second-order valence-corrected chi connectivity index (χ2v) is 8.53. The van der Waals surface area contributed by atoms with E-state index in [1.54, 1.807) is 0 Å². The molecule has 164 valence electrons. The Morgan fingerprint density at radius 2 is 1.83 bits per heavy atom. The molecule has 1 saturated heterocycles. The number of rotatable bonds is 6. The van der Waals surface area contributed by atoms with Gasteiger partial charge in [-0.3, -0.25) is 9.64 Å². The fraction of sp³-hybridized carbons (Fsp3) is 0.714. The first-order chi connectivity index (χ1) is 13.6. The van der Waals surface area contributed by atoms with Gasteiger partial charge in [0.2, 0.25) is 0 Å². The lowest BCUT2D eigenvalue weighted by Gasteiger charge is -2.44. The van der Waals surface area contributed by atoms with E-state index in [9.17, 15) is 13.2 Å². The van der Waals surface area contributed by atoms with Crippen LogP contribution in [0.25, 0.3) is 0 Å². The molecular formula is C21H30F3NO4. The predicted molar refractivity (Wildman–Crippen MR) is 102 cm³/mol. The molecule has 5 nitrogen and oxygen atoms in total. The molecule has 1 aromatic rings. The first kappa shape index (κ1) is 22.2. The van der Waals surface area contributed by atoms with Gasteiger partial charge in [0.05, 0.1) is 25.4 Å². The zero-order valence-electron chi connectivity index (χ0n) is 17.5. The summed E-state index contributed by atoms with van der Waals surface area (Å²) in [6, 6.07) is 4.17. The van der Waals surface area contributed by atoms with Gasteiger partial charge < -0.3 is 14.2 Å². The third-order valence-corrected chi connectivity index (χ3v) is 5.22. The number of alkyl halides is 3. The van der Waals surface area contributed by atoms with Gasteiger partial charge in [-0.2, -0.15) is 0 Å². The lowest BCUT2D eigenvalue weighted by Crippen LogP contribution is -2.47. The van der Waals surface area contributed by atoms with E-state index in [0.29, 0.717) is 17.5 Å². The Morgan fingerprint density at radius 1 is 1.07 bits per heavy atom. The molecule has 0 N–H and O–H groups in total. The molecule has 29 heavy (non-hydrogen) atoms. The Labute approximate surface area is 170 Å². The van der Waals surface area contributed by atoms with E-state index in [1.165, 1.54) is 12.7 Å². The maximum Gasteiger partial charge on any atom is 0.522 e. The second-order valence-electron chi connectivity index (χ2n) is 8.53. The normalized spacial score (nSPS) is 22.7. The first-order valence-corrected chi connectivity index (χ1v) is 10.0. The molecule has 1 fully saturated rings. The van der Waals surface area contributed by atoms with Crippen molar-refractivity contribution in [2.75, 3.05) is 33.4 Å². The van der Waals surface area contributed by atoms with Crippen molar-refractivity contribution in [3.63, 3.8) is 0 Å². The smallest absolute Gasteiger partial charge is 0.493 e. The van der Waals surface area contributed by atoms with E-state index in [2.05, 4.69) is 30.4 Å². The maximum atomic E-state index is 12.1. The van der Waals surface area contributed by atoms with Gasteiger partial charge in [-0.15, -0.1) is 13.2 Å². The van der Waals surface area contributed by atoms with Gasteiger partial charge in [0.25, 0.3) is 0 Å². The van der Waals surface area contributed by atoms with Crippen molar-refractivity contribution < 1.29 is 32.1 Å². The van der Waals surface area contributed by atoms with Crippen LogP contribution < -0.4 is 9.47 Å². The van der Waals surface area contributed by atoms with Crippen molar-refractivity contribution >= 4 is 0 Å². The quantitative estimate of drug-likeness (QED) is 0.638. The average Bonchev–Trinajstić information content (AvgIpc) is 2.62. The molecule has 2 aliphatic rings.